The summed E-state index contributed by atoms with van der Waals surface area (Å²) >= 11 is 0. The van der Waals surface area contributed by atoms with Crippen molar-refractivity contribution in [2.75, 3.05) is 11.9 Å². The number of fused-ring (bicyclic) bond motifs is 1. The summed E-state index contributed by atoms with van der Waals surface area (Å²) in [5.41, 5.74) is -0.594. The van der Waals surface area contributed by atoms with Crippen LogP contribution in [0.3, 0.4) is 0 Å². The van der Waals surface area contributed by atoms with Crippen molar-refractivity contribution >= 4 is 40.0 Å². The number of carbonyl (C=O) groups is 3. The van der Waals surface area contributed by atoms with Gasteiger partial charge in [-0.15, -0.1) is 0 Å². The summed E-state index contributed by atoms with van der Waals surface area (Å²) in [7, 11) is 0. The summed E-state index contributed by atoms with van der Waals surface area (Å²) in [5.74, 6) is -1.13. The summed E-state index contributed by atoms with van der Waals surface area (Å²) in [6, 6.07) is 17.6. The third-order valence-corrected chi connectivity index (χ3v) is 5.30. The van der Waals surface area contributed by atoms with Gasteiger partial charge < -0.3 is 10.6 Å². The van der Waals surface area contributed by atoms with Crippen LogP contribution < -0.4 is 10.6 Å². The van der Waals surface area contributed by atoms with E-state index in [9.17, 15) is 24.5 Å². The van der Waals surface area contributed by atoms with Gasteiger partial charge >= 0.3 is 6.03 Å². The van der Waals surface area contributed by atoms with Crippen molar-refractivity contribution in [3.05, 3.63) is 82.4 Å². The Morgan fingerprint density at radius 1 is 1.06 bits per heavy atom. The Hall–Kier alpha value is -4.27. The van der Waals surface area contributed by atoms with Crippen LogP contribution in [0.25, 0.3) is 10.8 Å². The third-order valence-electron chi connectivity index (χ3n) is 5.30. The monoisotopic (exact) mass is 418 g/mol. The number of nitro benzene ring substituents is 1. The minimum atomic E-state index is -1.42. The van der Waals surface area contributed by atoms with E-state index in [0.29, 0.717) is 11.3 Å². The zero-order valence-electron chi connectivity index (χ0n) is 16.5. The number of hydrogen-bond acceptors (Lipinski definition) is 5. The molecule has 1 heterocycles. The maximum atomic E-state index is 13.0. The molecule has 1 saturated heterocycles. The first-order chi connectivity index (χ1) is 14.8. The first-order valence-corrected chi connectivity index (χ1v) is 9.46. The highest BCUT2D eigenvalue weighted by Gasteiger charge is 2.49. The van der Waals surface area contributed by atoms with E-state index in [4.69, 9.17) is 0 Å². The fourth-order valence-electron chi connectivity index (χ4n) is 3.62. The van der Waals surface area contributed by atoms with E-state index in [1.165, 1.54) is 31.2 Å². The molecule has 3 aromatic carbocycles. The number of amides is 4. The van der Waals surface area contributed by atoms with Gasteiger partial charge in [0.25, 0.3) is 11.6 Å². The van der Waals surface area contributed by atoms with Crippen LogP contribution in [0.15, 0.2) is 66.7 Å². The molecule has 1 aliphatic rings. The van der Waals surface area contributed by atoms with Crippen LogP contribution in [0.5, 0.6) is 0 Å². The van der Waals surface area contributed by atoms with Crippen molar-refractivity contribution < 1.29 is 19.3 Å². The van der Waals surface area contributed by atoms with Gasteiger partial charge in [-0.3, -0.25) is 24.6 Å². The van der Waals surface area contributed by atoms with Crippen LogP contribution in [0.2, 0.25) is 0 Å². The van der Waals surface area contributed by atoms with E-state index in [-0.39, 0.29) is 5.69 Å². The van der Waals surface area contributed by atoms with Crippen LogP contribution in [0, 0.1) is 10.1 Å². The highest BCUT2D eigenvalue weighted by molar-refractivity contribution is 6.11. The van der Waals surface area contributed by atoms with Crippen LogP contribution in [0.4, 0.5) is 16.2 Å². The SMILES string of the molecule is CC1(c2ccc([N+](=O)[O-])cc2)NC(=O)N(CC(=O)Nc2cccc3ccccc23)C1=O. The number of anilines is 1. The van der Waals surface area contributed by atoms with E-state index in [0.717, 1.165) is 15.7 Å². The molecule has 1 aliphatic heterocycles. The van der Waals surface area contributed by atoms with Crippen LogP contribution in [0.1, 0.15) is 12.5 Å². The van der Waals surface area contributed by atoms with Gasteiger partial charge in [0.05, 0.1) is 4.92 Å². The number of nitrogens with one attached hydrogen (secondary N) is 2. The molecule has 0 bridgehead atoms. The highest BCUT2D eigenvalue weighted by Crippen LogP contribution is 2.30. The van der Waals surface area contributed by atoms with Gasteiger partial charge in [0.1, 0.15) is 12.1 Å². The van der Waals surface area contributed by atoms with Gasteiger partial charge in [0, 0.05) is 23.2 Å². The molecule has 0 spiro atoms. The Kier molecular flexibility index (Phi) is 4.86. The lowest BCUT2D eigenvalue weighted by Gasteiger charge is -2.22. The normalized spacial score (nSPS) is 18.2. The smallest absolute Gasteiger partial charge is 0.324 e. The highest BCUT2D eigenvalue weighted by atomic mass is 16.6. The molecule has 2 N–H and O–H groups in total. The van der Waals surface area contributed by atoms with Gasteiger partial charge in [-0.05, 0) is 36.1 Å². The van der Waals surface area contributed by atoms with Gasteiger partial charge in [0.2, 0.25) is 5.91 Å². The maximum Gasteiger partial charge on any atom is 0.325 e. The third kappa shape index (κ3) is 3.57. The van der Waals surface area contributed by atoms with Crippen LogP contribution in [-0.4, -0.2) is 34.2 Å². The van der Waals surface area contributed by atoms with Crippen molar-refractivity contribution in [3.63, 3.8) is 0 Å². The largest absolute Gasteiger partial charge is 0.325 e. The number of carbonyl (C=O) groups excluding carboxylic acids is 3. The van der Waals surface area contributed by atoms with Crippen molar-refractivity contribution in [2.45, 2.75) is 12.5 Å². The van der Waals surface area contributed by atoms with Gasteiger partial charge in [-0.2, -0.15) is 0 Å². The van der Waals surface area contributed by atoms with Crippen molar-refractivity contribution in [2.24, 2.45) is 0 Å². The van der Waals surface area contributed by atoms with Gasteiger partial charge in [-0.1, -0.05) is 36.4 Å². The minimum absolute atomic E-state index is 0.129. The molecule has 1 fully saturated rings. The van der Waals surface area contributed by atoms with Crippen LogP contribution >= 0.6 is 0 Å². The Bertz CT molecular complexity index is 1220. The molecule has 31 heavy (non-hydrogen) atoms. The molecule has 0 saturated carbocycles. The summed E-state index contributed by atoms with van der Waals surface area (Å²) in [5, 5.41) is 18.0. The lowest BCUT2D eigenvalue weighted by molar-refractivity contribution is -0.384. The Morgan fingerprint density at radius 3 is 2.45 bits per heavy atom. The average Bonchev–Trinajstić information content (AvgIpc) is 2.98. The molecule has 9 heteroatoms. The Morgan fingerprint density at radius 2 is 1.74 bits per heavy atom. The second kappa shape index (κ2) is 7.52. The predicted molar refractivity (Wildman–Crippen MR) is 113 cm³/mol. The van der Waals surface area contributed by atoms with Crippen LogP contribution in [-0.2, 0) is 15.1 Å². The van der Waals surface area contributed by atoms with E-state index in [1.54, 1.807) is 12.1 Å². The summed E-state index contributed by atoms with van der Waals surface area (Å²) in [6.07, 6.45) is 0. The molecule has 0 aromatic heterocycles. The molecule has 4 rings (SSSR count). The lowest BCUT2D eigenvalue weighted by Crippen LogP contribution is -2.42. The number of rotatable bonds is 5. The molecule has 0 aliphatic carbocycles. The zero-order chi connectivity index (χ0) is 22.2. The van der Waals surface area contributed by atoms with Crippen molar-refractivity contribution in [3.8, 4) is 0 Å². The summed E-state index contributed by atoms with van der Waals surface area (Å²) < 4.78 is 0. The topological polar surface area (TPSA) is 122 Å². The summed E-state index contributed by atoms with van der Waals surface area (Å²) in [4.78, 5) is 49.2. The Balaban J connectivity index is 1.52. The predicted octanol–water partition coefficient (Wildman–Crippen LogP) is 3.15. The first-order valence-electron chi connectivity index (χ1n) is 9.46. The second-order valence-corrected chi connectivity index (χ2v) is 7.33. The quantitative estimate of drug-likeness (QED) is 0.374. The summed E-state index contributed by atoms with van der Waals surface area (Å²) in [6.45, 7) is 1.04. The number of nitrogens with zero attached hydrogens (tertiary/aromatic N) is 2. The zero-order valence-corrected chi connectivity index (χ0v) is 16.5. The molecule has 4 amide bonds. The van der Waals surface area contributed by atoms with Gasteiger partial charge in [0.15, 0.2) is 0 Å². The number of urea groups is 1. The molecule has 1 unspecified atom stereocenters. The van der Waals surface area contributed by atoms with E-state index >= 15 is 0 Å². The van der Waals surface area contributed by atoms with E-state index < -0.39 is 34.9 Å². The van der Waals surface area contributed by atoms with E-state index in [1.807, 2.05) is 30.3 Å². The Labute approximate surface area is 176 Å². The molecule has 156 valence electrons. The number of hydrogen-bond donors (Lipinski definition) is 2. The van der Waals surface area contributed by atoms with E-state index in [2.05, 4.69) is 10.6 Å². The maximum absolute atomic E-state index is 13.0. The molecular formula is C22H18N4O5. The fourth-order valence-corrected chi connectivity index (χ4v) is 3.62. The van der Waals surface area contributed by atoms with Crippen molar-refractivity contribution in [1.29, 1.82) is 0 Å². The minimum Gasteiger partial charge on any atom is -0.324 e. The molecular weight excluding hydrogens is 400 g/mol. The number of imide groups is 1. The molecule has 1 atom stereocenters. The van der Waals surface area contributed by atoms with Crippen molar-refractivity contribution in [1.82, 2.24) is 10.2 Å². The second-order valence-electron chi connectivity index (χ2n) is 7.33. The molecule has 3 aromatic rings. The first kappa shape index (κ1) is 20.0. The standard InChI is InChI=1S/C22H18N4O5/c1-22(15-9-11-16(12-10-15)26(30)31)20(28)25(21(29)24-22)13-19(27)23-18-8-4-6-14-5-2-3-7-17(14)18/h2-12H,13H2,1H3,(H,23,27)(H,24,29). The number of non-ortho nitro benzene ring substituents is 1. The average molecular weight is 418 g/mol. The lowest BCUT2D eigenvalue weighted by atomic mass is 9.92. The molecule has 0 radical (unpaired) electrons. The van der Waals surface area contributed by atoms with Gasteiger partial charge in [-0.25, -0.2) is 4.79 Å². The molecule has 9 nitrogen and oxygen atoms in total. The number of nitro groups is 1. The number of benzene rings is 3. The fraction of sp³-hybridized carbons (Fsp3) is 0.136.